The van der Waals surface area contributed by atoms with Crippen LogP contribution in [0.2, 0.25) is 0 Å². The molecular weight excluding hydrogens is 304 g/mol. The first-order chi connectivity index (χ1) is 11.5. The van der Waals surface area contributed by atoms with Crippen LogP contribution < -0.4 is 10.6 Å². The first-order valence-corrected chi connectivity index (χ1v) is 9.20. The summed E-state index contributed by atoms with van der Waals surface area (Å²) in [6.45, 7) is 8.52. The van der Waals surface area contributed by atoms with Crippen LogP contribution in [0, 0.1) is 25.7 Å². The van der Waals surface area contributed by atoms with Crippen molar-refractivity contribution < 1.29 is 9.53 Å². The molecule has 1 saturated carbocycles. The van der Waals surface area contributed by atoms with Crippen molar-refractivity contribution in [3.05, 3.63) is 17.5 Å². The van der Waals surface area contributed by atoms with Crippen molar-refractivity contribution in [2.45, 2.75) is 65.1 Å². The summed E-state index contributed by atoms with van der Waals surface area (Å²) in [5.41, 5.74) is 2.20. The average molecular weight is 334 g/mol. The Morgan fingerprint density at radius 3 is 3.00 bits per heavy atom. The second-order valence-electron chi connectivity index (χ2n) is 7.47. The Balaban J connectivity index is 1.42. The van der Waals surface area contributed by atoms with Gasteiger partial charge in [0, 0.05) is 37.4 Å². The van der Waals surface area contributed by atoms with Crippen molar-refractivity contribution in [2.75, 3.05) is 13.2 Å². The summed E-state index contributed by atoms with van der Waals surface area (Å²) in [5.74, 6) is 0.833. The predicted octanol–water partition coefficient (Wildman–Crippen LogP) is 2.39. The van der Waals surface area contributed by atoms with Crippen LogP contribution in [0.5, 0.6) is 0 Å². The van der Waals surface area contributed by atoms with Gasteiger partial charge in [-0.1, -0.05) is 6.92 Å². The molecule has 2 aliphatic rings. The SMILES string of the molecule is Cc1cc(C)n(CC(C)CNC(=O)NC2CCCC3OCCC23)n1. The molecule has 4 atom stereocenters. The number of hydrogen-bond acceptors (Lipinski definition) is 3. The highest BCUT2D eigenvalue weighted by Crippen LogP contribution is 2.34. The van der Waals surface area contributed by atoms with Crippen LogP contribution in [-0.4, -0.2) is 41.1 Å². The second-order valence-corrected chi connectivity index (χ2v) is 7.47. The first-order valence-electron chi connectivity index (χ1n) is 9.20. The van der Waals surface area contributed by atoms with Crippen molar-refractivity contribution in [2.24, 2.45) is 11.8 Å². The Kier molecular flexibility index (Phi) is 5.43. The zero-order valence-electron chi connectivity index (χ0n) is 15.0. The summed E-state index contributed by atoms with van der Waals surface area (Å²) in [4.78, 5) is 12.2. The third-order valence-corrected chi connectivity index (χ3v) is 5.30. The summed E-state index contributed by atoms with van der Waals surface area (Å²) in [5, 5.41) is 10.7. The molecule has 2 fully saturated rings. The first kappa shape index (κ1) is 17.3. The fraction of sp³-hybridized carbons (Fsp3) is 0.778. The van der Waals surface area contributed by atoms with Gasteiger partial charge in [0.05, 0.1) is 11.8 Å². The van der Waals surface area contributed by atoms with Crippen LogP contribution in [0.15, 0.2) is 6.07 Å². The molecule has 1 aliphatic heterocycles. The molecule has 0 bridgehead atoms. The van der Waals surface area contributed by atoms with Gasteiger partial charge in [-0.15, -0.1) is 0 Å². The van der Waals surface area contributed by atoms with E-state index in [-0.39, 0.29) is 12.1 Å². The van der Waals surface area contributed by atoms with Crippen molar-refractivity contribution in [1.82, 2.24) is 20.4 Å². The normalized spacial score (nSPS) is 27.5. The van der Waals surface area contributed by atoms with Crippen molar-refractivity contribution >= 4 is 6.03 Å². The van der Waals surface area contributed by atoms with Crippen molar-refractivity contribution in [3.8, 4) is 0 Å². The molecule has 4 unspecified atom stereocenters. The molecule has 2 amide bonds. The largest absolute Gasteiger partial charge is 0.378 e. The Bertz CT molecular complexity index is 571. The number of carbonyl (C=O) groups excluding carboxylic acids is 1. The highest BCUT2D eigenvalue weighted by Gasteiger charge is 2.38. The molecule has 1 aromatic heterocycles. The van der Waals surface area contributed by atoms with Crippen LogP contribution >= 0.6 is 0 Å². The molecule has 134 valence electrons. The van der Waals surface area contributed by atoms with E-state index in [2.05, 4.69) is 35.6 Å². The number of hydrogen-bond donors (Lipinski definition) is 2. The lowest BCUT2D eigenvalue weighted by atomic mass is 9.82. The fourth-order valence-corrected chi connectivity index (χ4v) is 4.06. The van der Waals surface area contributed by atoms with Crippen LogP contribution in [0.25, 0.3) is 0 Å². The minimum Gasteiger partial charge on any atom is -0.378 e. The molecule has 2 N–H and O–H groups in total. The lowest BCUT2D eigenvalue weighted by Gasteiger charge is -2.33. The summed E-state index contributed by atoms with van der Waals surface area (Å²) in [6, 6.07) is 2.29. The number of nitrogens with one attached hydrogen (secondary N) is 2. The van der Waals surface area contributed by atoms with Gasteiger partial charge in [0.15, 0.2) is 0 Å². The minimum absolute atomic E-state index is 0.0484. The Morgan fingerprint density at radius 2 is 2.25 bits per heavy atom. The maximum absolute atomic E-state index is 12.2. The lowest BCUT2D eigenvalue weighted by Crippen LogP contribution is -2.50. The number of carbonyl (C=O) groups is 1. The number of fused-ring (bicyclic) bond motifs is 1. The van der Waals surface area contributed by atoms with E-state index >= 15 is 0 Å². The zero-order valence-corrected chi connectivity index (χ0v) is 15.0. The maximum atomic E-state index is 12.2. The van der Waals surface area contributed by atoms with E-state index in [1.54, 1.807) is 0 Å². The number of amides is 2. The molecule has 1 aromatic rings. The third-order valence-electron chi connectivity index (χ3n) is 5.30. The van der Waals surface area contributed by atoms with Crippen LogP contribution in [-0.2, 0) is 11.3 Å². The molecule has 1 aliphatic carbocycles. The van der Waals surface area contributed by atoms with Gasteiger partial charge in [0.25, 0.3) is 0 Å². The quantitative estimate of drug-likeness (QED) is 0.869. The molecule has 3 rings (SSSR count). The minimum atomic E-state index is -0.0484. The average Bonchev–Trinajstić information content (AvgIpc) is 3.13. The fourth-order valence-electron chi connectivity index (χ4n) is 4.06. The molecule has 24 heavy (non-hydrogen) atoms. The molecule has 2 heterocycles. The van der Waals surface area contributed by atoms with Gasteiger partial charge in [-0.2, -0.15) is 5.10 Å². The van der Waals surface area contributed by atoms with Gasteiger partial charge in [-0.05, 0) is 51.5 Å². The maximum Gasteiger partial charge on any atom is 0.315 e. The second kappa shape index (κ2) is 7.55. The third kappa shape index (κ3) is 4.09. The summed E-state index contributed by atoms with van der Waals surface area (Å²) >= 11 is 0. The number of ether oxygens (including phenoxy) is 1. The number of urea groups is 1. The predicted molar refractivity (Wildman–Crippen MR) is 92.9 cm³/mol. The standard InChI is InChI=1S/C18H30N4O2/c1-12(11-22-14(3)9-13(2)21-22)10-19-18(23)20-16-5-4-6-17-15(16)7-8-24-17/h9,12,15-17H,4-8,10-11H2,1-3H3,(H2,19,20,23). The van der Waals surface area contributed by atoms with E-state index in [4.69, 9.17) is 4.74 Å². The van der Waals surface area contributed by atoms with Crippen LogP contribution in [0.4, 0.5) is 4.79 Å². The number of aromatic nitrogens is 2. The summed E-state index contributed by atoms with van der Waals surface area (Å²) in [7, 11) is 0. The number of aryl methyl sites for hydroxylation is 2. The van der Waals surface area contributed by atoms with E-state index in [0.717, 1.165) is 44.5 Å². The van der Waals surface area contributed by atoms with Gasteiger partial charge >= 0.3 is 6.03 Å². The Morgan fingerprint density at radius 1 is 1.42 bits per heavy atom. The van der Waals surface area contributed by atoms with Crippen molar-refractivity contribution in [1.29, 1.82) is 0 Å². The highest BCUT2D eigenvalue weighted by atomic mass is 16.5. The van der Waals surface area contributed by atoms with Gasteiger partial charge in [0.1, 0.15) is 0 Å². The molecule has 6 nitrogen and oxygen atoms in total. The summed E-state index contributed by atoms with van der Waals surface area (Å²) in [6.07, 6.45) is 4.78. The monoisotopic (exact) mass is 334 g/mol. The van der Waals surface area contributed by atoms with Gasteiger partial charge in [-0.25, -0.2) is 4.79 Å². The Labute approximate surface area is 144 Å². The number of nitrogens with zero attached hydrogens (tertiary/aromatic N) is 2. The van der Waals surface area contributed by atoms with Gasteiger partial charge in [0.2, 0.25) is 0 Å². The van der Waals surface area contributed by atoms with E-state index in [1.807, 2.05) is 11.6 Å². The van der Waals surface area contributed by atoms with E-state index in [1.165, 1.54) is 5.69 Å². The molecule has 1 saturated heterocycles. The topological polar surface area (TPSA) is 68.2 Å². The van der Waals surface area contributed by atoms with E-state index in [0.29, 0.717) is 24.5 Å². The zero-order chi connectivity index (χ0) is 17.1. The van der Waals surface area contributed by atoms with Gasteiger partial charge in [-0.3, -0.25) is 4.68 Å². The van der Waals surface area contributed by atoms with E-state index < -0.39 is 0 Å². The van der Waals surface area contributed by atoms with Crippen LogP contribution in [0.1, 0.15) is 44.0 Å². The van der Waals surface area contributed by atoms with Crippen LogP contribution in [0.3, 0.4) is 0 Å². The molecule has 6 heteroatoms. The molecule has 0 aromatic carbocycles. The summed E-state index contributed by atoms with van der Waals surface area (Å²) < 4.78 is 7.78. The molecule has 0 spiro atoms. The molecule has 0 radical (unpaired) electrons. The van der Waals surface area contributed by atoms with Gasteiger partial charge < -0.3 is 15.4 Å². The Hall–Kier alpha value is -1.56. The van der Waals surface area contributed by atoms with Crippen molar-refractivity contribution in [3.63, 3.8) is 0 Å². The smallest absolute Gasteiger partial charge is 0.315 e. The lowest BCUT2D eigenvalue weighted by molar-refractivity contribution is 0.0549. The number of rotatable bonds is 5. The highest BCUT2D eigenvalue weighted by molar-refractivity contribution is 5.74. The molecular formula is C18H30N4O2. The van der Waals surface area contributed by atoms with E-state index in [9.17, 15) is 4.79 Å².